The Bertz CT molecular complexity index is 571. The van der Waals surface area contributed by atoms with Gasteiger partial charge in [0.1, 0.15) is 11.6 Å². The highest BCUT2D eigenvalue weighted by molar-refractivity contribution is 5.21. The smallest absolute Gasteiger partial charge is 0.130 e. The van der Waals surface area contributed by atoms with Crippen molar-refractivity contribution < 1.29 is 13.9 Å². The molecule has 1 unspecified atom stereocenters. The standard InChI is InChI=1S/C14H17F2N3O/c1-10(13-3-2-12(15)6-14(13)16)17-7-11-8-18-19(9-11)4-5-20/h2-3,6,8-10,17,20H,4-5,7H2,1H3. The summed E-state index contributed by atoms with van der Waals surface area (Å²) >= 11 is 0. The summed E-state index contributed by atoms with van der Waals surface area (Å²) in [6.45, 7) is 2.81. The van der Waals surface area contributed by atoms with Gasteiger partial charge in [-0.15, -0.1) is 0 Å². The van der Waals surface area contributed by atoms with Gasteiger partial charge in [0.05, 0.1) is 19.3 Å². The minimum absolute atomic E-state index is 0.0335. The zero-order valence-corrected chi connectivity index (χ0v) is 11.2. The average molecular weight is 281 g/mol. The molecule has 0 aliphatic heterocycles. The van der Waals surface area contributed by atoms with E-state index < -0.39 is 11.6 Å². The Balaban J connectivity index is 1.95. The van der Waals surface area contributed by atoms with Crippen LogP contribution in [0.1, 0.15) is 24.1 Å². The molecule has 1 heterocycles. The van der Waals surface area contributed by atoms with E-state index in [1.807, 2.05) is 13.1 Å². The molecule has 0 amide bonds. The fraction of sp³-hybridized carbons (Fsp3) is 0.357. The Hall–Kier alpha value is -1.79. The monoisotopic (exact) mass is 281 g/mol. The zero-order valence-electron chi connectivity index (χ0n) is 11.2. The van der Waals surface area contributed by atoms with Gasteiger partial charge in [-0.1, -0.05) is 6.07 Å². The number of hydrogen-bond acceptors (Lipinski definition) is 3. The van der Waals surface area contributed by atoms with Crippen molar-refractivity contribution in [2.45, 2.75) is 26.1 Å². The topological polar surface area (TPSA) is 50.1 Å². The van der Waals surface area contributed by atoms with Crippen molar-refractivity contribution in [2.24, 2.45) is 0 Å². The third-order valence-electron chi connectivity index (χ3n) is 3.06. The molecule has 1 aromatic heterocycles. The van der Waals surface area contributed by atoms with Gasteiger partial charge in [0.2, 0.25) is 0 Å². The van der Waals surface area contributed by atoms with Crippen molar-refractivity contribution in [1.29, 1.82) is 0 Å². The van der Waals surface area contributed by atoms with E-state index in [0.29, 0.717) is 18.7 Å². The first kappa shape index (κ1) is 14.6. The number of rotatable bonds is 6. The van der Waals surface area contributed by atoms with Gasteiger partial charge in [0.15, 0.2) is 0 Å². The third kappa shape index (κ3) is 3.61. The summed E-state index contributed by atoms with van der Waals surface area (Å²) < 4.78 is 28.1. The Morgan fingerprint density at radius 1 is 1.40 bits per heavy atom. The Morgan fingerprint density at radius 2 is 2.20 bits per heavy atom. The molecule has 20 heavy (non-hydrogen) atoms. The van der Waals surface area contributed by atoms with Crippen molar-refractivity contribution in [3.63, 3.8) is 0 Å². The normalized spacial score (nSPS) is 12.6. The van der Waals surface area contributed by atoms with Crippen LogP contribution in [0.25, 0.3) is 0 Å². The summed E-state index contributed by atoms with van der Waals surface area (Å²) in [6.07, 6.45) is 3.51. The summed E-state index contributed by atoms with van der Waals surface area (Å²) in [6, 6.07) is 3.33. The third-order valence-corrected chi connectivity index (χ3v) is 3.06. The predicted molar refractivity (Wildman–Crippen MR) is 70.9 cm³/mol. The molecule has 4 nitrogen and oxygen atoms in total. The van der Waals surface area contributed by atoms with Crippen LogP contribution in [-0.4, -0.2) is 21.5 Å². The maximum absolute atomic E-state index is 13.6. The molecule has 2 N–H and O–H groups in total. The highest BCUT2D eigenvalue weighted by Gasteiger charge is 2.11. The molecule has 1 atom stereocenters. The van der Waals surface area contributed by atoms with Crippen LogP contribution < -0.4 is 5.32 Å². The number of aliphatic hydroxyl groups is 1. The van der Waals surface area contributed by atoms with E-state index in [4.69, 9.17) is 5.11 Å². The highest BCUT2D eigenvalue weighted by Crippen LogP contribution is 2.18. The maximum atomic E-state index is 13.6. The molecular formula is C14H17F2N3O. The van der Waals surface area contributed by atoms with Gasteiger partial charge < -0.3 is 10.4 Å². The molecular weight excluding hydrogens is 264 g/mol. The van der Waals surface area contributed by atoms with Crippen molar-refractivity contribution in [1.82, 2.24) is 15.1 Å². The molecule has 0 aliphatic carbocycles. The number of halogens is 2. The highest BCUT2D eigenvalue weighted by atomic mass is 19.1. The van der Waals surface area contributed by atoms with Crippen LogP contribution >= 0.6 is 0 Å². The lowest BCUT2D eigenvalue weighted by Gasteiger charge is -2.14. The molecule has 6 heteroatoms. The predicted octanol–water partition coefficient (Wildman–Crippen LogP) is 2.00. The van der Waals surface area contributed by atoms with E-state index in [-0.39, 0.29) is 12.6 Å². The van der Waals surface area contributed by atoms with E-state index in [0.717, 1.165) is 11.6 Å². The number of hydrogen-bond donors (Lipinski definition) is 2. The van der Waals surface area contributed by atoms with Gasteiger partial charge in [-0.25, -0.2) is 8.78 Å². The van der Waals surface area contributed by atoms with Crippen LogP contribution in [-0.2, 0) is 13.1 Å². The molecule has 0 spiro atoms. The van der Waals surface area contributed by atoms with Gasteiger partial charge in [-0.2, -0.15) is 5.10 Å². The minimum Gasteiger partial charge on any atom is -0.394 e. The number of nitrogens with zero attached hydrogens (tertiary/aromatic N) is 2. The number of nitrogens with one attached hydrogen (secondary N) is 1. The van der Waals surface area contributed by atoms with Crippen LogP contribution in [0.2, 0.25) is 0 Å². The summed E-state index contributed by atoms with van der Waals surface area (Å²) in [4.78, 5) is 0. The number of aliphatic hydroxyl groups excluding tert-OH is 1. The second-order valence-electron chi connectivity index (χ2n) is 4.60. The van der Waals surface area contributed by atoms with E-state index in [1.165, 1.54) is 12.1 Å². The zero-order chi connectivity index (χ0) is 14.5. The SMILES string of the molecule is CC(NCc1cnn(CCO)c1)c1ccc(F)cc1F. The molecule has 108 valence electrons. The Morgan fingerprint density at radius 3 is 2.90 bits per heavy atom. The number of benzene rings is 1. The first-order valence-corrected chi connectivity index (χ1v) is 6.40. The molecule has 0 fully saturated rings. The first-order valence-electron chi connectivity index (χ1n) is 6.40. The minimum atomic E-state index is -0.580. The van der Waals surface area contributed by atoms with Crippen LogP contribution in [0.5, 0.6) is 0 Å². The van der Waals surface area contributed by atoms with Gasteiger partial charge in [0.25, 0.3) is 0 Å². The second kappa shape index (κ2) is 6.58. The largest absolute Gasteiger partial charge is 0.394 e. The van der Waals surface area contributed by atoms with E-state index >= 15 is 0 Å². The molecule has 2 rings (SSSR count). The molecule has 0 aliphatic rings. The van der Waals surface area contributed by atoms with Crippen LogP contribution in [0, 0.1) is 11.6 Å². The summed E-state index contributed by atoms with van der Waals surface area (Å²) in [7, 11) is 0. The lowest BCUT2D eigenvalue weighted by atomic mass is 10.1. The molecule has 1 aromatic carbocycles. The fourth-order valence-corrected chi connectivity index (χ4v) is 1.96. The van der Waals surface area contributed by atoms with Crippen molar-refractivity contribution >= 4 is 0 Å². The quantitative estimate of drug-likeness (QED) is 0.851. The Labute approximate surface area is 116 Å². The second-order valence-corrected chi connectivity index (χ2v) is 4.60. The maximum Gasteiger partial charge on any atom is 0.130 e. The van der Waals surface area contributed by atoms with Gasteiger partial charge in [-0.05, 0) is 13.0 Å². The molecule has 0 bridgehead atoms. The molecule has 0 saturated carbocycles. The van der Waals surface area contributed by atoms with Crippen molar-refractivity contribution in [3.8, 4) is 0 Å². The van der Waals surface area contributed by atoms with Gasteiger partial charge in [0, 0.05) is 36.0 Å². The molecule has 2 aromatic rings. The summed E-state index contributed by atoms with van der Waals surface area (Å²) in [5, 5.41) is 16.0. The fourth-order valence-electron chi connectivity index (χ4n) is 1.96. The van der Waals surface area contributed by atoms with Crippen LogP contribution in [0.4, 0.5) is 8.78 Å². The van der Waals surface area contributed by atoms with E-state index in [1.54, 1.807) is 10.9 Å². The Kier molecular flexibility index (Phi) is 4.81. The molecule has 0 saturated heterocycles. The lowest BCUT2D eigenvalue weighted by molar-refractivity contribution is 0.269. The van der Waals surface area contributed by atoms with Crippen LogP contribution in [0.15, 0.2) is 30.6 Å². The van der Waals surface area contributed by atoms with Gasteiger partial charge in [-0.3, -0.25) is 4.68 Å². The molecule has 0 radical (unpaired) electrons. The van der Waals surface area contributed by atoms with Crippen molar-refractivity contribution in [2.75, 3.05) is 6.61 Å². The average Bonchev–Trinajstić information content (AvgIpc) is 2.84. The number of aromatic nitrogens is 2. The summed E-state index contributed by atoms with van der Waals surface area (Å²) in [5.41, 5.74) is 1.36. The van der Waals surface area contributed by atoms with Crippen molar-refractivity contribution in [3.05, 3.63) is 53.4 Å². The lowest BCUT2D eigenvalue weighted by Crippen LogP contribution is -2.19. The summed E-state index contributed by atoms with van der Waals surface area (Å²) in [5.74, 6) is -1.13. The van der Waals surface area contributed by atoms with Gasteiger partial charge >= 0.3 is 0 Å². The van der Waals surface area contributed by atoms with E-state index in [2.05, 4.69) is 10.4 Å². The van der Waals surface area contributed by atoms with Crippen LogP contribution in [0.3, 0.4) is 0 Å². The first-order chi connectivity index (χ1) is 9.60. The van der Waals surface area contributed by atoms with E-state index in [9.17, 15) is 8.78 Å².